The first-order valence-corrected chi connectivity index (χ1v) is 4.72. The van der Waals surface area contributed by atoms with Crippen LogP contribution in [0.25, 0.3) is 0 Å². The zero-order chi connectivity index (χ0) is 10.8. The van der Waals surface area contributed by atoms with E-state index >= 15 is 0 Å². The van der Waals surface area contributed by atoms with Crippen LogP contribution in [0.2, 0.25) is 0 Å². The highest BCUT2D eigenvalue weighted by Crippen LogP contribution is 2.26. The highest BCUT2D eigenvalue weighted by molar-refractivity contribution is 5.81. The minimum absolute atomic E-state index is 0.255. The third kappa shape index (κ3) is 1.97. The zero-order valence-electron chi connectivity index (χ0n) is 9.09. The van der Waals surface area contributed by atoms with Crippen LogP contribution in [0.4, 0.5) is 0 Å². The maximum absolute atomic E-state index is 11.6. The van der Waals surface area contributed by atoms with Crippen LogP contribution in [-0.2, 0) is 14.9 Å². The molecule has 1 heterocycles. The van der Waals surface area contributed by atoms with Gasteiger partial charge in [0.1, 0.15) is 16.9 Å². The zero-order valence-corrected chi connectivity index (χ0v) is 9.09. The molecule has 0 spiro atoms. The lowest BCUT2D eigenvalue weighted by Gasteiger charge is -2.19. The van der Waals surface area contributed by atoms with Gasteiger partial charge in [0.05, 0.1) is 6.61 Å². The number of aryl methyl sites for hydroxylation is 1. The fourth-order valence-corrected chi connectivity index (χ4v) is 1.18. The Hall–Kier alpha value is -1.25. The molecular formula is C11H16O3. The molecule has 0 aliphatic rings. The predicted molar refractivity (Wildman–Crippen MR) is 53.1 cm³/mol. The van der Waals surface area contributed by atoms with Crippen molar-refractivity contribution < 1.29 is 13.9 Å². The fraction of sp³-hybridized carbons (Fsp3) is 0.545. The molecule has 1 rings (SSSR count). The van der Waals surface area contributed by atoms with Gasteiger partial charge in [-0.1, -0.05) is 0 Å². The van der Waals surface area contributed by atoms with Crippen molar-refractivity contribution in [2.24, 2.45) is 0 Å². The molecule has 0 bridgehead atoms. The Balaban J connectivity index is 2.89. The molecule has 0 aromatic carbocycles. The van der Waals surface area contributed by atoms with Crippen LogP contribution in [-0.4, -0.2) is 12.6 Å². The van der Waals surface area contributed by atoms with Crippen LogP contribution >= 0.6 is 0 Å². The second-order valence-electron chi connectivity index (χ2n) is 3.76. The van der Waals surface area contributed by atoms with E-state index in [2.05, 4.69) is 0 Å². The van der Waals surface area contributed by atoms with E-state index in [9.17, 15) is 4.79 Å². The molecule has 3 nitrogen and oxygen atoms in total. The lowest BCUT2D eigenvalue weighted by molar-refractivity contribution is -0.149. The Morgan fingerprint density at radius 1 is 1.50 bits per heavy atom. The Morgan fingerprint density at radius 3 is 2.57 bits per heavy atom. The van der Waals surface area contributed by atoms with Gasteiger partial charge in [-0.3, -0.25) is 4.79 Å². The summed E-state index contributed by atoms with van der Waals surface area (Å²) in [4.78, 5) is 11.6. The molecule has 1 aromatic heterocycles. The van der Waals surface area contributed by atoms with Gasteiger partial charge in [-0.25, -0.2) is 0 Å². The van der Waals surface area contributed by atoms with E-state index in [-0.39, 0.29) is 5.97 Å². The van der Waals surface area contributed by atoms with E-state index < -0.39 is 5.41 Å². The quantitative estimate of drug-likeness (QED) is 0.697. The minimum Gasteiger partial charge on any atom is -0.465 e. The Morgan fingerprint density at radius 2 is 2.14 bits per heavy atom. The predicted octanol–water partition coefficient (Wildman–Crippen LogP) is 2.43. The molecule has 0 saturated carbocycles. The number of hydrogen-bond donors (Lipinski definition) is 0. The number of rotatable bonds is 3. The van der Waals surface area contributed by atoms with Gasteiger partial charge >= 0.3 is 5.97 Å². The van der Waals surface area contributed by atoms with Gasteiger partial charge in [0.15, 0.2) is 0 Å². The number of furan rings is 1. The van der Waals surface area contributed by atoms with Crippen molar-refractivity contribution in [2.75, 3.05) is 6.61 Å². The van der Waals surface area contributed by atoms with Crippen molar-refractivity contribution in [2.45, 2.75) is 33.1 Å². The molecule has 3 heteroatoms. The van der Waals surface area contributed by atoms with E-state index in [1.54, 1.807) is 20.8 Å². The van der Waals surface area contributed by atoms with Gasteiger partial charge in [-0.2, -0.15) is 0 Å². The molecule has 0 N–H and O–H groups in total. The molecule has 0 unspecified atom stereocenters. The van der Waals surface area contributed by atoms with Crippen molar-refractivity contribution in [3.05, 3.63) is 23.7 Å². The van der Waals surface area contributed by atoms with E-state index in [0.29, 0.717) is 12.4 Å². The second-order valence-corrected chi connectivity index (χ2v) is 3.76. The fourth-order valence-electron chi connectivity index (χ4n) is 1.18. The molecule has 0 atom stereocenters. The summed E-state index contributed by atoms with van der Waals surface area (Å²) >= 11 is 0. The van der Waals surface area contributed by atoms with Gasteiger partial charge < -0.3 is 9.15 Å². The standard InChI is InChI=1S/C11H16O3/c1-5-13-10(12)11(3,4)9-7-6-8(2)14-9/h6-7H,5H2,1-4H3. The Labute approximate surface area is 84.1 Å². The summed E-state index contributed by atoms with van der Waals surface area (Å²) in [5.74, 6) is 1.19. The van der Waals surface area contributed by atoms with Gasteiger partial charge in [0, 0.05) is 0 Å². The van der Waals surface area contributed by atoms with Crippen molar-refractivity contribution in [3.63, 3.8) is 0 Å². The van der Waals surface area contributed by atoms with E-state index in [0.717, 1.165) is 5.76 Å². The van der Waals surface area contributed by atoms with Gasteiger partial charge in [-0.15, -0.1) is 0 Å². The molecule has 0 saturated heterocycles. The highest BCUT2D eigenvalue weighted by atomic mass is 16.5. The molecule has 0 aliphatic carbocycles. The average molecular weight is 196 g/mol. The average Bonchev–Trinajstić information content (AvgIpc) is 2.52. The van der Waals surface area contributed by atoms with Crippen molar-refractivity contribution >= 4 is 5.97 Å². The monoisotopic (exact) mass is 196 g/mol. The van der Waals surface area contributed by atoms with Gasteiger partial charge in [0.25, 0.3) is 0 Å². The van der Waals surface area contributed by atoms with Crippen molar-refractivity contribution in [1.82, 2.24) is 0 Å². The number of hydrogen-bond acceptors (Lipinski definition) is 3. The Bertz CT molecular complexity index is 323. The SMILES string of the molecule is CCOC(=O)C(C)(C)c1ccc(C)o1. The maximum atomic E-state index is 11.6. The van der Waals surface area contributed by atoms with Crippen LogP contribution in [0.1, 0.15) is 32.3 Å². The van der Waals surface area contributed by atoms with Gasteiger partial charge in [-0.05, 0) is 39.8 Å². The summed E-state index contributed by atoms with van der Waals surface area (Å²) in [6.45, 7) is 7.63. The topological polar surface area (TPSA) is 39.4 Å². The van der Waals surface area contributed by atoms with Crippen LogP contribution in [0.15, 0.2) is 16.5 Å². The van der Waals surface area contributed by atoms with Crippen molar-refractivity contribution in [1.29, 1.82) is 0 Å². The van der Waals surface area contributed by atoms with Crippen LogP contribution in [0.3, 0.4) is 0 Å². The lowest BCUT2D eigenvalue weighted by atomic mass is 9.91. The molecule has 1 aromatic rings. The molecule has 78 valence electrons. The molecule has 0 aliphatic heterocycles. The summed E-state index contributed by atoms with van der Waals surface area (Å²) in [6, 6.07) is 3.66. The molecular weight excluding hydrogens is 180 g/mol. The Kier molecular flexibility index (Phi) is 2.99. The number of carbonyl (C=O) groups is 1. The van der Waals surface area contributed by atoms with Crippen molar-refractivity contribution in [3.8, 4) is 0 Å². The summed E-state index contributed by atoms with van der Waals surface area (Å²) in [5, 5.41) is 0. The van der Waals surface area contributed by atoms with E-state index in [4.69, 9.17) is 9.15 Å². The first kappa shape index (κ1) is 10.8. The first-order chi connectivity index (χ1) is 6.48. The third-order valence-corrected chi connectivity index (χ3v) is 2.14. The normalized spacial score (nSPS) is 11.4. The minimum atomic E-state index is -0.704. The maximum Gasteiger partial charge on any atom is 0.319 e. The number of esters is 1. The molecule has 0 amide bonds. The second kappa shape index (κ2) is 3.86. The first-order valence-electron chi connectivity index (χ1n) is 4.72. The van der Waals surface area contributed by atoms with Crippen LogP contribution in [0.5, 0.6) is 0 Å². The summed E-state index contributed by atoms with van der Waals surface area (Å²) < 4.78 is 10.4. The summed E-state index contributed by atoms with van der Waals surface area (Å²) in [6.07, 6.45) is 0. The van der Waals surface area contributed by atoms with Crippen LogP contribution < -0.4 is 0 Å². The summed E-state index contributed by atoms with van der Waals surface area (Å²) in [7, 11) is 0. The molecule has 0 fully saturated rings. The molecule has 0 radical (unpaired) electrons. The van der Waals surface area contributed by atoms with Gasteiger partial charge in [0.2, 0.25) is 0 Å². The molecule has 14 heavy (non-hydrogen) atoms. The lowest BCUT2D eigenvalue weighted by Crippen LogP contribution is -2.30. The highest BCUT2D eigenvalue weighted by Gasteiger charge is 2.34. The number of ether oxygens (including phenoxy) is 1. The smallest absolute Gasteiger partial charge is 0.319 e. The van der Waals surface area contributed by atoms with Crippen LogP contribution in [0, 0.1) is 6.92 Å². The van der Waals surface area contributed by atoms with E-state index in [1.165, 1.54) is 0 Å². The van der Waals surface area contributed by atoms with E-state index in [1.807, 2.05) is 19.1 Å². The number of carbonyl (C=O) groups excluding carboxylic acids is 1. The third-order valence-electron chi connectivity index (χ3n) is 2.14. The summed E-state index contributed by atoms with van der Waals surface area (Å²) in [5.41, 5.74) is -0.704. The largest absolute Gasteiger partial charge is 0.465 e.